The first-order valence-electron chi connectivity index (χ1n) is 10.6. The minimum Gasteiger partial charge on any atom is -0.483 e. The summed E-state index contributed by atoms with van der Waals surface area (Å²) in [7, 11) is 0. The van der Waals surface area contributed by atoms with Crippen molar-refractivity contribution in [1.29, 1.82) is 0 Å². The van der Waals surface area contributed by atoms with Gasteiger partial charge < -0.3 is 19.9 Å². The summed E-state index contributed by atoms with van der Waals surface area (Å²) in [5.74, 6) is 1.12. The number of hydrogen-bond acceptors (Lipinski definition) is 3. The normalized spacial score (nSPS) is 14.4. The average molecular weight is 410 g/mol. The third kappa shape index (κ3) is 5.75. The molecule has 6 heteroatoms. The summed E-state index contributed by atoms with van der Waals surface area (Å²) in [5.41, 5.74) is 2.98. The van der Waals surface area contributed by atoms with Crippen molar-refractivity contribution in [2.24, 2.45) is 0 Å². The lowest BCUT2D eigenvalue weighted by atomic mass is 10.0. The van der Waals surface area contributed by atoms with Crippen molar-refractivity contribution in [2.75, 3.05) is 38.1 Å². The van der Waals surface area contributed by atoms with Gasteiger partial charge in [-0.1, -0.05) is 44.2 Å². The molecule has 1 heterocycles. The molecule has 30 heavy (non-hydrogen) atoms. The number of nitrogens with one attached hydrogen (secondary N) is 1. The predicted molar refractivity (Wildman–Crippen MR) is 119 cm³/mol. The first-order valence-corrected chi connectivity index (χ1v) is 10.6. The molecule has 0 unspecified atom stereocenters. The highest BCUT2D eigenvalue weighted by Gasteiger charge is 2.22. The van der Waals surface area contributed by atoms with Crippen molar-refractivity contribution in [3.63, 3.8) is 0 Å². The molecule has 3 rings (SSSR count). The van der Waals surface area contributed by atoms with Gasteiger partial charge in [-0.3, -0.25) is 4.79 Å². The van der Waals surface area contributed by atoms with Crippen LogP contribution in [0.1, 0.15) is 37.3 Å². The molecule has 1 fully saturated rings. The van der Waals surface area contributed by atoms with Crippen LogP contribution in [-0.2, 0) is 4.79 Å². The Hall–Kier alpha value is -3.02. The number of rotatable bonds is 5. The van der Waals surface area contributed by atoms with Gasteiger partial charge in [-0.2, -0.15) is 0 Å². The zero-order valence-electron chi connectivity index (χ0n) is 18.1. The van der Waals surface area contributed by atoms with Crippen LogP contribution >= 0.6 is 0 Å². The molecular formula is C24H31N3O3. The number of carbonyl (C=O) groups excluding carboxylic acids is 2. The monoisotopic (exact) mass is 409 g/mol. The highest BCUT2D eigenvalue weighted by molar-refractivity contribution is 5.89. The number of anilines is 1. The number of para-hydroxylation sites is 1. The number of amides is 3. The van der Waals surface area contributed by atoms with Crippen LogP contribution in [0.25, 0.3) is 0 Å². The Kier molecular flexibility index (Phi) is 7.33. The minimum absolute atomic E-state index is 0.0125. The second-order valence-electron chi connectivity index (χ2n) is 7.99. The fourth-order valence-electron chi connectivity index (χ4n) is 3.46. The van der Waals surface area contributed by atoms with Crippen LogP contribution in [0.15, 0.2) is 48.5 Å². The SMILES string of the molecule is Cc1ccc(C(C)C)cc1OCC(=O)N1CCCN(C(=O)Nc2ccccc2)CC1. The van der Waals surface area contributed by atoms with Crippen molar-refractivity contribution >= 4 is 17.6 Å². The quantitative estimate of drug-likeness (QED) is 0.802. The molecule has 2 aromatic rings. The van der Waals surface area contributed by atoms with Crippen molar-refractivity contribution < 1.29 is 14.3 Å². The predicted octanol–water partition coefficient (Wildman–Crippen LogP) is 4.26. The lowest BCUT2D eigenvalue weighted by molar-refractivity contribution is -0.133. The van der Waals surface area contributed by atoms with E-state index in [0.717, 1.165) is 23.4 Å². The van der Waals surface area contributed by atoms with Gasteiger partial charge >= 0.3 is 6.03 Å². The van der Waals surface area contributed by atoms with E-state index < -0.39 is 0 Å². The van der Waals surface area contributed by atoms with Crippen LogP contribution in [0.5, 0.6) is 5.75 Å². The Balaban J connectivity index is 1.52. The molecule has 1 saturated heterocycles. The van der Waals surface area contributed by atoms with Gasteiger partial charge in [0.15, 0.2) is 6.61 Å². The molecule has 0 bridgehead atoms. The summed E-state index contributed by atoms with van der Waals surface area (Å²) in [4.78, 5) is 28.8. The van der Waals surface area contributed by atoms with E-state index in [4.69, 9.17) is 4.74 Å². The van der Waals surface area contributed by atoms with Gasteiger partial charge in [0.25, 0.3) is 5.91 Å². The van der Waals surface area contributed by atoms with Gasteiger partial charge in [-0.25, -0.2) is 4.79 Å². The highest BCUT2D eigenvalue weighted by Crippen LogP contribution is 2.24. The fourth-order valence-corrected chi connectivity index (χ4v) is 3.46. The molecule has 1 aliphatic rings. The number of ether oxygens (including phenoxy) is 1. The van der Waals surface area contributed by atoms with Crippen molar-refractivity contribution in [3.8, 4) is 5.75 Å². The van der Waals surface area contributed by atoms with E-state index in [1.165, 1.54) is 5.56 Å². The molecular weight excluding hydrogens is 378 g/mol. The molecule has 160 valence electrons. The number of hydrogen-bond donors (Lipinski definition) is 1. The standard InChI is InChI=1S/C24H31N3O3/c1-18(2)20-11-10-19(3)22(16-20)30-17-23(28)26-12-7-13-27(15-14-26)24(29)25-21-8-5-4-6-9-21/h4-6,8-11,16,18H,7,12-15,17H2,1-3H3,(H,25,29). The summed E-state index contributed by atoms with van der Waals surface area (Å²) in [6.45, 7) is 8.54. The lowest BCUT2D eigenvalue weighted by Crippen LogP contribution is -2.40. The minimum atomic E-state index is -0.132. The van der Waals surface area contributed by atoms with Crippen LogP contribution in [-0.4, -0.2) is 54.5 Å². The Morgan fingerprint density at radius 2 is 1.70 bits per heavy atom. The number of carbonyl (C=O) groups is 2. The van der Waals surface area contributed by atoms with Gasteiger partial charge in [-0.15, -0.1) is 0 Å². The van der Waals surface area contributed by atoms with Crippen LogP contribution < -0.4 is 10.1 Å². The largest absolute Gasteiger partial charge is 0.483 e. The summed E-state index contributed by atoms with van der Waals surface area (Å²) >= 11 is 0. The molecule has 1 aliphatic heterocycles. The molecule has 0 aromatic heterocycles. The number of aryl methyl sites for hydroxylation is 1. The molecule has 0 radical (unpaired) electrons. The summed E-state index contributed by atoms with van der Waals surface area (Å²) in [6, 6.07) is 15.4. The molecule has 3 amide bonds. The van der Waals surface area contributed by atoms with Crippen LogP contribution in [0.4, 0.5) is 10.5 Å². The van der Waals surface area contributed by atoms with E-state index >= 15 is 0 Å². The first kappa shape index (κ1) is 21.7. The Bertz CT molecular complexity index is 867. The molecule has 2 aromatic carbocycles. The third-order valence-electron chi connectivity index (χ3n) is 5.39. The van der Waals surface area contributed by atoms with E-state index in [9.17, 15) is 9.59 Å². The smallest absolute Gasteiger partial charge is 0.321 e. The Morgan fingerprint density at radius 1 is 1.00 bits per heavy atom. The fraction of sp³-hybridized carbons (Fsp3) is 0.417. The van der Waals surface area contributed by atoms with Gasteiger partial charge in [0, 0.05) is 31.9 Å². The van der Waals surface area contributed by atoms with Gasteiger partial charge in [0.05, 0.1) is 0 Å². The van der Waals surface area contributed by atoms with Crippen molar-refractivity contribution in [1.82, 2.24) is 9.80 Å². The van der Waals surface area contributed by atoms with Gasteiger partial charge in [-0.05, 0) is 48.6 Å². The van der Waals surface area contributed by atoms with E-state index in [-0.39, 0.29) is 18.5 Å². The second kappa shape index (κ2) is 10.1. The van der Waals surface area contributed by atoms with Crippen LogP contribution in [0.3, 0.4) is 0 Å². The third-order valence-corrected chi connectivity index (χ3v) is 5.39. The van der Waals surface area contributed by atoms with Crippen LogP contribution in [0.2, 0.25) is 0 Å². The Morgan fingerprint density at radius 3 is 2.43 bits per heavy atom. The zero-order valence-corrected chi connectivity index (χ0v) is 18.1. The highest BCUT2D eigenvalue weighted by atomic mass is 16.5. The number of benzene rings is 2. The molecule has 6 nitrogen and oxygen atoms in total. The van der Waals surface area contributed by atoms with Gasteiger partial charge in [0.1, 0.15) is 5.75 Å². The van der Waals surface area contributed by atoms with Crippen molar-refractivity contribution in [2.45, 2.75) is 33.1 Å². The van der Waals surface area contributed by atoms with E-state index in [2.05, 4.69) is 25.2 Å². The van der Waals surface area contributed by atoms with E-state index in [1.807, 2.05) is 49.4 Å². The Labute approximate surface area is 178 Å². The number of nitrogens with zero attached hydrogens (tertiary/aromatic N) is 2. The molecule has 0 saturated carbocycles. The van der Waals surface area contributed by atoms with E-state index in [1.54, 1.807) is 9.80 Å². The van der Waals surface area contributed by atoms with Crippen molar-refractivity contribution in [3.05, 3.63) is 59.7 Å². The molecule has 0 aliphatic carbocycles. The number of urea groups is 1. The van der Waals surface area contributed by atoms with Crippen LogP contribution in [0, 0.1) is 6.92 Å². The van der Waals surface area contributed by atoms with E-state index in [0.29, 0.717) is 32.1 Å². The molecule has 0 spiro atoms. The zero-order chi connectivity index (χ0) is 21.5. The lowest BCUT2D eigenvalue weighted by Gasteiger charge is -2.23. The summed E-state index contributed by atoms with van der Waals surface area (Å²) in [5, 5.41) is 2.91. The maximum Gasteiger partial charge on any atom is 0.321 e. The second-order valence-corrected chi connectivity index (χ2v) is 7.99. The molecule has 0 atom stereocenters. The maximum absolute atomic E-state index is 12.7. The topological polar surface area (TPSA) is 61.9 Å². The maximum atomic E-state index is 12.7. The summed E-state index contributed by atoms with van der Waals surface area (Å²) in [6.07, 6.45) is 0.746. The van der Waals surface area contributed by atoms with Gasteiger partial charge in [0.2, 0.25) is 0 Å². The average Bonchev–Trinajstić information content (AvgIpc) is 3.00. The molecule has 1 N–H and O–H groups in total. The summed E-state index contributed by atoms with van der Waals surface area (Å²) < 4.78 is 5.85. The first-order chi connectivity index (χ1) is 14.4.